The van der Waals surface area contributed by atoms with Crippen LogP contribution in [0.25, 0.3) is 22.5 Å². The third-order valence-electron chi connectivity index (χ3n) is 5.30. The van der Waals surface area contributed by atoms with E-state index in [-0.39, 0.29) is 17.6 Å². The second-order valence-corrected chi connectivity index (χ2v) is 7.39. The molecule has 0 N–H and O–H groups in total. The molecule has 1 fully saturated rings. The van der Waals surface area contributed by atoms with E-state index in [0.717, 1.165) is 24.1 Å². The number of benzene rings is 1. The lowest BCUT2D eigenvalue weighted by molar-refractivity contribution is 0.116. The average Bonchev–Trinajstić information content (AvgIpc) is 3.31. The van der Waals surface area contributed by atoms with Crippen LogP contribution in [0.4, 0.5) is 8.78 Å². The number of hydrogen-bond acceptors (Lipinski definition) is 6. The van der Waals surface area contributed by atoms with Crippen LogP contribution in [0.2, 0.25) is 0 Å². The van der Waals surface area contributed by atoms with Gasteiger partial charge in [-0.25, -0.2) is 4.79 Å². The Hall–Kier alpha value is -3.40. The summed E-state index contributed by atoms with van der Waals surface area (Å²) in [5.74, 6) is -0.748. The zero-order valence-electron chi connectivity index (χ0n) is 16.1. The Morgan fingerprint density at radius 2 is 1.90 bits per heavy atom. The van der Waals surface area contributed by atoms with Crippen molar-refractivity contribution in [2.75, 3.05) is 20.1 Å². The van der Waals surface area contributed by atoms with Gasteiger partial charge >= 0.3 is 12.1 Å². The van der Waals surface area contributed by atoms with Gasteiger partial charge in [0.1, 0.15) is 0 Å². The highest BCUT2D eigenvalue weighted by Crippen LogP contribution is 2.25. The normalized spacial score (nSPS) is 15.2. The van der Waals surface area contributed by atoms with Gasteiger partial charge in [-0.1, -0.05) is 12.1 Å². The van der Waals surface area contributed by atoms with Crippen molar-refractivity contribution in [1.29, 1.82) is 0 Å². The fraction of sp³-hybridized carbons (Fsp3) is 0.300. The number of para-hydroxylation sites is 2. The quantitative estimate of drug-likeness (QED) is 0.501. The van der Waals surface area contributed by atoms with E-state index in [1.807, 2.05) is 35.9 Å². The van der Waals surface area contributed by atoms with Crippen LogP contribution >= 0.6 is 0 Å². The lowest BCUT2D eigenvalue weighted by Gasteiger charge is -2.36. The van der Waals surface area contributed by atoms with Crippen molar-refractivity contribution in [3.8, 4) is 11.5 Å². The standard InChI is InChI=1S/C20H18F2N6O2/c1-26-10-14(11-26)28-16-5-3-2-4-15(16)27(20(28)29)9-13-7-6-12(8-23-13)18-24-25-19(30-18)17(21)22/h2-8,14,17H,9-11H2,1H3. The van der Waals surface area contributed by atoms with Crippen LogP contribution in [-0.4, -0.2) is 49.4 Å². The van der Waals surface area contributed by atoms with Crippen molar-refractivity contribution in [1.82, 2.24) is 29.2 Å². The predicted octanol–water partition coefficient (Wildman–Crippen LogP) is 2.72. The molecule has 0 amide bonds. The topological polar surface area (TPSA) is 82.0 Å². The monoisotopic (exact) mass is 412 g/mol. The maximum absolute atomic E-state index is 13.2. The predicted molar refractivity (Wildman–Crippen MR) is 104 cm³/mol. The molecule has 0 radical (unpaired) electrons. The van der Waals surface area contributed by atoms with Gasteiger partial charge in [-0.3, -0.25) is 14.1 Å². The number of aromatic nitrogens is 5. The molecular weight excluding hydrogens is 394 g/mol. The molecule has 154 valence electrons. The van der Waals surface area contributed by atoms with Crippen LogP contribution in [-0.2, 0) is 6.54 Å². The van der Waals surface area contributed by atoms with Crippen LogP contribution < -0.4 is 5.69 Å². The van der Waals surface area contributed by atoms with Gasteiger partial charge in [-0.2, -0.15) is 8.78 Å². The Bertz CT molecular complexity index is 1250. The molecule has 1 aromatic carbocycles. The summed E-state index contributed by atoms with van der Waals surface area (Å²) < 4.78 is 33.8. The molecule has 4 heterocycles. The SMILES string of the molecule is CN1CC(n2c(=O)n(Cc3ccc(-c4nnc(C(F)F)o4)cn3)c3ccccc32)C1. The number of imidazole rings is 1. The zero-order chi connectivity index (χ0) is 20.8. The molecule has 0 bridgehead atoms. The highest BCUT2D eigenvalue weighted by Gasteiger charge is 2.29. The molecule has 1 aliphatic heterocycles. The second kappa shape index (κ2) is 7.13. The third-order valence-corrected chi connectivity index (χ3v) is 5.30. The average molecular weight is 412 g/mol. The minimum atomic E-state index is -2.82. The van der Waals surface area contributed by atoms with E-state index in [1.54, 1.807) is 16.7 Å². The first-order chi connectivity index (χ1) is 14.5. The molecule has 5 rings (SSSR count). The van der Waals surface area contributed by atoms with Crippen molar-refractivity contribution >= 4 is 11.0 Å². The Morgan fingerprint density at radius 1 is 1.13 bits per heavy atom. The van der Waals surface area contributed by atoms with Gasteiger partial charge in [0.25, 0.3) is 5.89 Å². The number of pyridine rings is 1. The van der Waals surface area contributed by atoms with Crippen molar-refractivity contribution in [2.45, 2.75) is 19.0 Å². The Balaban J connectivity index is 1.46. The number of likely N-dealkylation sites (N-methyl/N-ethyl adjacent to an activating group) is 1. The summed E-state index contributed by atoms with van der Waals surface area (Å²) in [7, 11) is 2.03. The van der Waals surface area contributed by atoms with Crippen LogP contribution in [0.3, 0.4) is 0 Å². The summed E-state index contributed by atoms with van der Waals surface area (Å²) >= 11 is 0. The number of alkyl halides is 2. The summed E-state index contributed by atoms with van der Waals surface area (Å²) in [6.45, 7) is 1.97. The lowest BCUT2D eigenvalue weighted by Crippen LogP contribution is -2.48. The van der Waals surface area contributed by atoms with Gasteiger partial charge in [-0.05, 0) is 31.3 Å². The van der Waals surface area contributed by atoms with Crippen LogP contribution in [0.5, 0.6) is 0 Å². The summed E-state index contributed by atoms with van der Waals surface area (Å²) in [4.78, 5) is 19.7. The number of nitrogens with zero attached hydrogens (tertiary/aromatic N) is 6. The first-order valence-electron chi connectivity index (χ1n) is 9.46. The molecule has 1 saturated heterocycles. The zero-order valence-corrected chi connectivity index (χ0v) is 16.1. The van der Waals surface area contributed by atoms with Crippen LogP contribution in [0.15, 0.2) is 51.8 Å². The van der Waals surface area contributed by atoms with E-state index in [2.05, 4.69) is 20.1 Å². The van der Waals surface area contributed by atoms with Crippen molar-refractivity contribution in [2.24, 2.45) is 0 Å². The molecule has 0 aliphatic carbocycles. The third kappa shape index (κ3) is 3.09. The smallest absolute Gasteiger partial charge is 0.329 e. The van der Waals surface area contributed by atoms with E-state index < -0.39 is 12.3 Å². The molecule has 1 aliphatic rings. The maximum atomic E-state index is 13.2. The van der Waals surface area contributed by atoms with Crippen LogP contribution in [0, 0.1) is 0 Å². The molecule has 3 aromatic heterocycles. The number of likely N-dealkylation sites (tertiary alicyclic amines) is 1. The molecule has 8 nitrogen and oxygen atoms in total. The van der Waals surface area contributed by atoms with Gasteiger partial charge in [0.2, 0.25) is 5.89 Å². The van der Waals surface area contributed by atoms with E-state index in [1.165, 1.54) is 6.20 Å². The molecule has 30 heavy (non-hydrogen) atoms. The van der Waals surface area contributed by atoms with Gasteiger partial charge in [0, 0.05) is 19.3 Å². The highest BCUT2D eigenvalue weighted by molar-refractivity contribution is 5.76. The Kier molecular flexibility index (Phi) is 4.43. The number of fused-ring (bicyclic) bond motifs is 1. The summed E-state index contributed by atoms with van der Waals surface area (Å²) in [5, 5.41) is 6.94. The molecule has 10 heteroatoms. The summed E-state index contributed by atoms with van der Waals surface area (Å²) in [5.41, 5.74) is 2.77. The van der Waals surface area contributed by atoms with Crippen molar-refractivity contribution in [3.63, 3.8) is 0 Å². The van der Waals surface area contributed by atoms with Gasteiger partial charge in [-0.15, -0.1) is 10.2 Å². The maximum Gasteiger partial charge on any atom is 0.329 e. The van der Waals surface area contributed by atoms with Gasteiger partial charge < -0.3 is 9.32 Å². The van der Waals surface area contributed by atoms with Crippen molar-refractivity contribution in [3.05, 3.63) is 64.7 Å². The van der Waals surface area contributed by atoms with E-state index in [4.69, 9.17) is 4.42 Å². The summed E-state index contributed by atoms with van der Waals surface area (Å²) in [6, 6.07) is 11.3. The first-order valence-corrected chi connectivity index (χ1v) is 9.46. The molecule has 0 spiro atoms. The lowest BCUT2D eigenvalue weighted by atomic mass is 10.1. The highest BCUT2D eigenvalue weighted by atomic mass is 19.3. The fourth-order valence-corrected chi connectivity index (χ4v) is 3.81. The first kappa shape index (κ1) is 18.6. The van der Waals surface area contributed by atoms with E-state index in [0.29, 0.717) is 17.8 Å². The fourth-order valence-electron chi connectivity index (χ4n) is 3.81. The second-order valence-electron chi connectivity index (χ2n) is 7.39. The number of rotatable bonds is 5. The van der Waals surface area contributed by atoms with Gasteiger partial charge in [0.15, 0.2) is 0 Å². The number of halogens is 2. The minimum absolute atomic E-state index is 0.0211. The van der Waals surface area contributed by atoms with E-state index in [9.17, 15) is 13.6 Å². The van der Waals surface area contributed by atoms with E-state index >= 15 is 0 Å². The molecule has 0 saturated carbocycles. The largest absolute Gasteiger partial charge is 0.415 e. The molecule has 0 atom stereocenters. The molecule has 0 unspecified atom stereocenters. The van der Waals surface area contributed by atoms with Crippen molar-refractivity contribution < 1.29 is 13.2 Å². The van der Waals surface area contributed by atoms with Crippen LogP contribution in [0.1, 0.15) is 24.1 Å². The molecular formula is C20H18F2N6O2. The summed E-state index contributed by atoms with van der Waals surface area (Å²) in [6.07, 6.45) is -1.35. The Morgan fingerprint density at radius 3 is 2.53 bits per heavy atom. The number of hydrogen-bond donors (Lipinski definition) is 0. The minimum Gasteiger partial charge on any atom is -0.415 e. The Labute approximate surface area is 169 Å². The van der Waals surface area contributed by atoms with Gasteiger partial charge in [0.05, 0.1) is 34.9 Å². The molecule has 4 aromatic rings.